The highest BCUT2D eigenvalue weighted by atomic mass is 19.4. The van der Waals surface area contributed by atoms with E-state index in [1.54, 1.807) is 13.0 Å². The Morgan fingerprint density at radius 2 is 1.80 bits per heavy atom. The van der Waals surface area contributed by atoms with Gasteiger partial charge >= 0.3 is 6.18 Å². The van der Waals surface area contributed by atoms with Crippen LogP contribution in [0, 0.1) is 0 Å². The van der Waals surface area contributed by atoms with Gasteiger partial charge < -0.3 is 10.4 Å². The van der Waals surface area contributed by atoms with E-state index in [4.69, 9.17) is 0 Å². The molecule has 2 rings (SSSR count). The van der Waals surface area contributed by atoms with Crippen LogP contribution in [-0.4, -0.2) is 17.8 Å². The van der Waals surface area contributed by atoms with Crippen LogP contribution in [0.4, 0.5) is 13.2 Å². The minimum Gasteiger partial charge on any atom is -0.394 e. The van der Waals surface area contributed by atoms with Crippen molar-refractivity contribution in [3.05, 3.63) is 35.4 Å². The van der Waals surface area contributed by atoms with Gasteiger partial charge in [-0.2, -0.15) is 13.2 Å². The van der Waals surface area contributed by atoms with E-state index in [9.17, 15) is 18.3 Å². The second-order valence-electron chi connectivity index (χ2n) is 5.69. The molecule has 0 heterocycles. The lowest BCUT2D eigenvalue weighted by molar-refractivity contribution is -0.137. The highest BCUT2D eigenvalue weighted by Crippen LogP contribution is 2.33. The summed E-state index contributed by atoms with van der Waals surface area (Å²) < 4.78 is 38.3. The zero-order chi connectivity index (χ0) is 14.8. The number of nitrogens with one attached hydrogen (secondary N) is 1. The van der Waals surface area contributed by atoms with Gasteiger partial charge in [0.05, 0.1) is 17.7 Å². The fourth-order valence-corrected chi connectivity index (χ4v) is 2.78. The lowest BCUT2D eigenvalue weighted by Crippen LogP contribution is -2.47. The van der Waals surface area contributed by atoms with Gasteiger partial charge in [-0.15, -0.1) is 0 Å². The quantitative estimate of drug-likeness (QED) is 0.889. The van der Waals surface area contributed by atoms with Gasteiger partial charge in [-0.1, -0.05) is 25.0 Å². The summed E-state index contributed by atoms with van der Waals surface area (Å²) in [4.78, 5) is 0. The standard InChI is InChI=1S/C15H20F3NO/c1-14(10-20,19-13-7-2-3-8-13)11-5-4-6-12(9-11)15(16,17)18/h4-6,9,13,19-20H,2-3,7-8,10H2,1H3. The van der Waals surface area contributed by atoms with E-state index in [0.29, 0.717) is 5.56 Å². The third-order valence-corrected chi connectivity index (χ3v) is 4.02. The molecule has 5 heteroatoms. The second kappa shape index (κ2) is 5.74. The summed E-state index contributed by atoms with van der Waals surface area (Å²) in [6.07, 6.45) is -0.0909. The highest BCUT2D eigenvalue weighted by Gasteiger charge is 2.34. The molecule has 1 fully saturated rings. The van der Waals surface area contributed by atoms with Crippen molar-refractivity contribution in [2.24, 2.45) is 0 Å². The molecule has 0 saturated heterocycles. The van der Waals surface area contributed by atoms with Crippen LogP contribution in [0.2, 0.25) is 0 Å². The van der Waals surface area contributed by atoms with Crippen molar-refractivity contribution < 1.29 is 18.3 Å². The zero-order valence-electron chi connectivity index (χ0n) is 11.5. The first-order chi connectivity index (χ1) is 9.35. The fraction of sp³-hybridized carbons (Fsp3) is 0.600. The monoisotopic (exact) mass is 287 g/mol. The number of aliphatic hydroxyl groups excluding tert-OH is 1. The Kier molecular flexibility index (Phi) is 4.39. The second-order valence-corrected chi connectivity index (χ2v) is 5.69. The Balaban J connectivity index is 2.25. The first-order valence-corrected chi connectivity index (χ1v) is 6.91. The molecule has 112 valence electrons. The van der Waals surface area contributed by atoms with Crippen LogP contribution in [0.5, 0.6) is 0 Å². The Hall–Kier alpha value is -1.07. The highest BCUT2D eigenvalue weighted by molar-refractivity contribution is 5.31. The van der Waals surface area contributed by atoms with Crippen LogP contribution >= 0.6 is 0 Å². The van der Waals surface area contributed by atoms with Gasteiger partial charge in [0.15, 0.2) is 0 Å². The van der Waals surface area contributed by atoms with Gasteiger partial charge in [-0.25, -0.2) is 0 Å². The summed E-state index contributed by atoms with van der Waals surface area (Å²) in [5, 5.41) is 13.0. The molecule has 0 aliphatic heterocycles. The molecule has 0 radical (unpaired) electrons. The molecule has 1 atom stereocenters. The number of aliphatic hydroxyl groups is 1. The number of halogens is 3. The molecule has 1 saturated carbocycles. The predicted molar refractivity (Wildman–Crippen MR) is 71.3 cm³/mol. The van der Waals surface area contributed by atoms with E-state index in [1.807, 2.05) is 0 Å². The van der Waals surface area contributed by atoms with Gasteiger partial charge in [0, 0.05) is 6.04 Å². The van der Waals surface area contributed by atoms with E-state index in [-0.39, 0.29) is 12.6 Å². The van der Waals surface area contributed by atoms with E-state index < -0.39 is 17.3 Å². The minimum absolute atomic E-state index is 0.231. The molecule has 0 bridgehead atoms. The maximum atomic E-state index is 12.8. The first-order valence-electron chi connectivity index (χ1n) is 6.91. The molecule has 2 nitrogen and oxygen atoms in total. The average molecular weight is 287 g/mol. The Morgan fingerprint density at radius 1 is 1.20 bits per heavy atom. The average Bonchev–Trinajstić information content (AvgIpc) is 2.90. The predicted octanol–water partition coefficient (Wildman–Crippen LogP) is 3.45. The number of alkyl halides is 3. The molecule has 0 spiro atoms. The Bertz CT molecular complexity index is 455. The van der Waals surface area contributed by atoms with Gasteiger partial charge in [0.2, 0.25) is 0 Å². The third kappa shape index (κ3) is 3.33. The SMILES string of the molecule is CC(CO)(NC1CCCC1)c1cccc(C(F)(F)F)c1. The first kappa shape index (κ1) is 15.3. The van der Waals surface area contributed by atoms with Crippen molar-refractivity contribution in [2.75, 3.05) is 6.61 Å². The molecule has 1 unspecified atom stereocenters. The lowest BCUT2D eigenvalue weighted by Gasteiger charge is -2.33. The van der Waals surface area contributed by atoms with E-state index in [0.717, 1.165) is 37.8 Å². The van der Waals surface area contributed by atoms with Crippen molar-refractivity contribution >= 4 is 0 Å². The molecule has 1 aromatic rings. The van der Waals surface area contributed by atoms with Crippen molar-refractivity contribution in [2.45, 2.75) is 50.4 Å². The number of benzene rings is 1. The van der Waals surface area contributed by atoms with Crippen LogP contribution < -0.4 is 5.32 Å². The van der Waals surface area contributed by atoms with Gasteiger partial charge in [-0.3, -0.25) is 0 Å². The zero-order valence-corrected chi connectivity index (χ0v) is 11.5. The number of hydrogen-bond donors (Lipinski definition) is 2. The molecule has 1 aliphatic carbocycles. The third-order valence-electron chi connectivity index (χ3n) is 4.02. The Morgan fingerprint density at radius 3 is 2.35 bits per heavy atom. The minimum atomic E-state index is -4.36. The largest absolute Gasteiger partial charge is 0.416 e. The molecule has 0 aromatic heterocycles. The van der Waals surface area contributed by atoms with Gasteiger partial charge in [-0.05, 0) is 37.5 Å². The Labute approximate surface area is 117 Å². The topological polar surface area (TPSA) is 32.3 Å². The summed E-state index contributed by atoms with van der Waals surface area (Å²) in [7, 11) is 0. The van der Waals surface area contributed by atoms with Crippen LogP contribution in [-0.2, 0) is 11.7 Å². The smallest absolute Gasteiger partial charge is 0.394 e. The fourth-order valence-electron chi connectivity index (χ4n) is 2.78. The molecule has 1 aromatic carbocycles. The molecule has 2 N–H and O–H groups in total. The van der Waals surface area contributed by atoms with Crippen molar-refractivity contribution in [3.8, 4) is 0 Å². The summed E-state index contributed by atoms with van der Waals surface area (Å²) >= 11 is 0. The van der Waals surface area contributed by atoms with Crippen LogP contribution in [0.3, 0.4) is 0 Å². The van der Waals surface area contributed by atoms with Crippen LogP contribution in [0.25, 0.3) is 0 Å². The summed E-state index contributed by atoms with van der Waals surface area (Å²) in [5.41, 5.74) is -1.04. The lowest BCUT2D eigenvalue weighted by atomic mass is 9.90. The van der Waals surface area contributed by atoms with E-state index >= 15 is 0 Å². The van der Waals surface area contributed by atoms with E-state index in [2.05, 4.69) is 5.32 Å². The van der Waals surface area contributed by atoms with Gasteiger partial charge in [0.1, 0.15) is 0 Å². The molecule has 20 heavy (non-hydrogen) atoms. The summed E-state index contributed by atoms with van der Waals surface area (Å²) in [5.74, 6) is 0. The molecule has 1 aliphatic rings. The number of rotatable bonds is 4. The maximum absolute atomic E-state index is 12.8. The van der Waals surface area contributed by atoms with Crippen molar-refractivity contribution in [1.29, 1.82) is 0 Å². The maximum Gasteiger partial charge on any atom is 0.416 e. The van der Waals surface area contributed by atoms with Crippen molar-refractivity contribution in [1.82, 2.24) is 5.32 Å². The van der Waals surface area contributed by atoms with Crippen LogP contribution in [0.15, 0.2) is 24.3 Å². The van der Waals surface area contributed by atoms with Crippen molar-refractivity contribution in [3.63, 3.8) is 0 Å². The molecule has 0 amide bonds. The molecular weight excluding hydrogens is 267 g/mol. The summed E-state index contributed by atoms with van der Waals surface area (Å²) in [6.45, 7) is 1.52. The van der Waals surface area contributed by atoms with Gasteiger partial charge in [0.25, 0.3) is 0 Å². The molecular formula is C15H20F3NO. The number of hydrogen-bond acceptors (Lipinski definition) is 2. The van der Waals surface area contributed by atoms with E-state index in [1.165, 1.54) is 6.07 Å². The summed E-state index contributed by atoms with van der Waals surface area (Å²) in [6, 6.07) is 5.46. The normalized spacial score (nSPS) is 20.1. The van der Waals surface area contributed by atoms with Crippen LogP contribution in [0.1, 0.15) is 43.7 Å².